The SMILES string of the molecule is NNC(=O)CCC(=O)C=O. The zero-order valence-electron chi connectivity index (χ0n) is 5.29. The minimum absolute atomic E-state index is 0.0337. The van der Waals surface area contributed by atoms with Gasteiger partial charge in [0, 0.05) is 12.8 Å². The highest BCUT2D eigenvalue weighted by Gasteiger charge is 2.02. The van der Waals surface area contributed by atoms with Gasteiger partial charge in [0.2, 0.25) is 5.91 Å². The van der Waals surface area contributed by atoms with Crippen LogP contribution in [0.15, 0.2) is 0 Å². The Hall–Kier alpha value is -1.23. The average Bonchev–Trinajstić information content (AvgIpc) is 1.99. The van der Waals surface area contributed by atoms with E-state index in [1.165, 1.54) is 0 Å². The molecule has 0 fully saturated rings. The van der Waals surface area contributed by atoms with Crippen molar-refractivity contribution >= 4 is 18.0 Å². The molecule has 10 heavy (non-hydrogen) atoms. The van der Waals surface area contributed by atoms with E-state index in [0.29, 0.717) is 0 Å². The van der Waals surface area contributed by atoms with Gasteiger partial charge in [-0.1, -0.05) is 0 Å². The molecule has 0 unspecified atom stereocenters. The second-order valence-electron chi connectivity index (χ2n) is 1.65. The van der Waals surface area contributed by atoms with Crippen LogP contribution in [0.25, 0.3) is 0 Å². The van der Waals surface area contributed by atoms with Gasteiger partial charge in [-0.2, -0.15) is 0 Å². The van der Waals surface area contributed by atoms with Gasteiger partial charge < -0.3 is 0 Å². The number of amides is 1. The fourth-order valence-electron chi connectivity index (χ4n) is 0.368. The molecule has 0 aromatic heterocycles. The third kappa shape index (κ3) is 3.73. The normalized spacial score (nSPS) is 8.50. The van der Waals surface area contributed by atoms with Crippen molar-refractivity contribution in [1.82, 2.24) is 5.43 Å². The third-order valence-corrected chi connectivity index (χ3v) is 0.891. The second kappa shape index (κ2) is 4.63. The number of nitrogens with one attached hydrogen (secondary N) is 1. The highest BCUT2D eigenvalue weighted by molar-refractivity contribution is 6.25. The molecule has 0 aliphatic carbocycles. The first kappa shape index (κ1) is 8.77. The van der Waals surface area contributed by atoms with Crippen molar-refractivity contribution in [3.63, 3.8) is 0 Å². The van der Waals surface area contributed by atoms with E-state index < -0.39 is 11.7 Å². The Kier molecular flexibility index (Phi) is 4.06. The van der Waals surface area contributed by atoms with Crippen LogP contribution in [0.1, 0.15) is 12.8 Å². The van der Waals surface area contributed by atoms with Gasteiger partial charge in [0.1, 0.15) is 0 Å². The number of hydrogen-bond donors (Lipinski definition) is 2. The molecule has 1 amide bonds. The largest absolute Gasteiger partial charge is 0.295 e. The van der Waals surface area contributed by atoms with Crippen molar-refractivity contribution in [1.29, 1.82) is 0 Å². The lowest BCUT2D eigenvalue weighted by atomic mass is 10.2. The number of Topliss-reactive ketones (excluding diaryl/α,β-unsaturated/α-hetero) is 1. The summed E-state index contributed by atoms with van der Waals surface area (Å²) >= 11 is 0. The van der Waals surface area contributed by atoms with Gasteiger partial charge in [0.25, 0.3) is 0 Å². The Labute approximate surface area is 57.5 Å². The Morgan fingerprint density at radius 3 is 2.40 bits per heavy atom. The van der Waals surface area contributed by atoms with Gasteiger partial charge in [-0.3, -0.25) is 19.8 Å². The molecule has 5 heteroatoms. The maximum Gasteiger partial charge on any atom is 0.234 e. The molecule has 5 nitrogen and oxygen atoms in total. The number of carbonyl (C=O) groups is 3. The molecular weight excluding hydrogens is 136 g/mol. The summed E-state index contributed by atoms with van der Waals surface area (Å²) in [7, 11) is 0. The summed E-state index contributed by atoms with van der Waals surface area (Å²) in [6, 6.07) is 0. The maximum absolute atomic E-state index is 10.3. The molecular formula is C5H8N2O3. The highest BCUT2D eigenvalue weighted by Crippen LogP contribution is 1.86. The molecule has 0 bridgehead atoms. The van der Waals surface area contributed by atoms with Crippen LogP contribution in [0.5, 0.6) is 0 Å². The Morgan fingerprint density at radius 2 is 2.00 bits per heavy atom. The Bertz CT molecular complexity index is 155. The standard InChI is InChI=1S/C5H8N2O3/c6-7-5(10)2-1-4(9)3-8/h3H,1-2,6H2,(H,7,10). The van der Waals surface area contributed by atoms with Crippen LogP contribution in [0.3, 0.4) is 0 Å². The van der Waals surface area contributed by atoms with Gasteiger partial charge in [0.15, 0.2) is 12.1 Å². The minimum Gasteiger partial charge on any atom is -0.295 e. The highest BCUT2D eigenvalue weighted by atomic mass is 16.2. The zero-order chi connectivity index (χ0) is 7.98. The second-order valence-corrected chi connectivity index (χ2v) is 1.65. The summed E-state index contributed by atoms with van der Waals surface area (Å²) in [5.74, 6) is 3.66. The molecule has 0 rings (SSSR count). The first-order valence-corrected chi connectivity index (χ1v) is 2.68. The molecule has 0 heterocycles. The average molecular weight is 144 g/mol. The number of aldehydes is 1. The Balaban J connectivity index is 3.44. The molecule has 3 N–H and O–H groups in total. The lowest BCUT2D eigenvalue weighted by Crippen LogP contribution is -2.30. The van der Waals surface area contributed by atoms with E-state index in [1.807, 2.05) is 5.43 Å². The lowest BCUT2D eigenvalue weighted by molar-refractivity contribution is -0.131. The van der Waals surface area contributed by atoms with Crippen molar-refractivity contribution in [2.75, 3.05) is 0 Å². The van der Waals surface area contributed by atoms with E-state index in [1.54, 1.807) is 0 Å². The minimum atomic E-state index is -0.594. The van der Waals surface area contributed by atoms with Crippen LogP contribution in [-0.4, -0.2) is 18.0 Å². The number of carbonyl (C=O) groups excluding carboxylic acids is 3. The van der Waals surface area contributed by atoms with Crippen LogP contribution in [-0.2, 0) is 14.4 Å². The summed E-state index contributed by atoms with van der Waals surface area (Å²) in [6.45, 7) is 0. The quantitative estimate of drug-likeness (QED) is 0.166. The molecule has 0 saturated heterocycles. The van der Waals surface area contributed by atoms with Crippen molar-refractivity contribution in [3.8, 4) is 0 Å². The number of hydrazine groups is 1. The van der Waals surface area contributed by atoms with Crippen molar-refractivity contribution in [3.05, 3.63) is 0 Å². The fraction of sp³-hybridized carbons (Fsp3) is 0.400. The topological polar surface area (TPSA) is 89.3 Å². The van der Waals surface area contributed by atoms with Crippen LogP contribution in [0.2, 0.25) is 0 Å². The molecule has 0 aliphatic heterocycles. The fourth-order valence-corrected chi connectivity index (χ4v) is 0.368. The van der Waals surface area contributed by atoms with Crippen LogP contribution >= 0.6 is 0 Å². The predicted molar refractivity (Wildman–Crippen MR) is 32.6 cm³/mol. The number of rotatable bonds is 4. The van der Waals surface area contributed by atoms with E-state index in [4.69, 9.17) is 5.84 Å². The zero-order valence-corrected chi connectivity index (χ0v) is 5.29. The summed E-state index contributed by atoms with van der Waals surface area (Å²) in [5, 5.41) is 0. The summed E-state index contributed by atoms with van der Waals surface area (Å²) < 4.78 is 0. The monoisotopic (exact) mass is 144 g/mol. The smallest absolute Gasteiger partial charge is 0.234 e. The van der Waals surface area contributed by atoms with Gasteiger partial charge in [-0.05, 0) is 0 Å². The van der Waals surface area contributed by atoms with E-state index in [2.05, 4.69) is 0 Å². The number of ketones is 1. The van der Waals surface area contributed by atoms with Gasteiger partial charge in [0.05, 0.1) is 0 Å². The van der Waals surface area contributed by atoms with Crippen molar-refractivity contribution < 1.29 is 14.4 Å². The molecule has 0 saturated carbocycles. The van der Waals surface area contributed by atoms with E-state index >= 15 is 0 Å². The molecule has 0 aromatic carbocycles. The first-order chi connectivity index (χ1) is 4.70. The number of nitrogens with two attached hydrogens (primary N) is 1. The van der Waals surface area contributed by atoms with Gasteiger partial charge >= 0.3 is 0 Å². The van der Waals surface area contributed by atoms with Crippen LogP contribution < -0.4 is 11.3 Å². The molecule has 0 aromatic rings. The first-order valence-electron chi connectivity index (χ1n) is 2.68. The maximum atomic E-state index is 10.3. The molecule has 0 radical (unpaired) electrons. The molecule has 0 atom stereocenters. The lowest BCUT2D eigenvalue weighted by Gasteiger charge is -1.93. The van der Waals surface area contributed by atoms with Crippen LogP contribution in [0, 0.1) is 0 Å². The van der Waals surface area contributed by atoms with Crippen molar-refractivity contribution in [2.45, 2.75) is 12.8 Å². The summed E-state index contributed by atoms with van der Waals surface area (Å²) in [4.78, 5) is 30.3. The van der Waals surface area contributed by atoms with E-state index in [9.17, 15) is 14.4 Å². The molecule has 0 spiro atoms. The van der Waals surface area contributed by atoms with Crippen molar-refractivity contribution in [2.24, 2.45) is 5.84 Å². The number of hydrogen-bond acceptors (Lipinski definition) is 4. The molecule has 0 aliphatic rings. The van der Waals surface area contributed by atoms with E-state index in [0.717, 1.165) is 0 Å². The predicted octanol–water partition coefficient (Wildman–Crippen LogP) is -1.48. The third-order valence-electron chi connectivity index (χ3n) is 0.891. The van der Waals surface area contributed by atoms with E-state index in [-0.39, 0.29) is 19.1 Å². The van der Waals surface area contributed by atoms with Gasteiger partial charge in [-0.15, -0.1) is 0 Å². The molecule has 56 valence electrons. The summed E-state index contributed by atoms with van der Waals surface area (Å²) in [5.41, 5.74) is 1.84. The van der Waals surface area contributed by atoms with Crippen LogP contribution in [0.4, 0.5) is 0 Å². The summed E-state index contributed by atoms with van der Waals surface area (Å²) in [6.07, 6.45) is 0.0738. The van der Waals surface area contributed by atoms with Gasteiger partial charge in [-0.25, -0.2) is 5.84 Å². The Morgan fingerprint density at radius 1 is 1.40 bits per heavy atom.